The summed E-state index contributed by atoms with van der Waals surface area (Å²) in [5, 5.41) is 19.5. The van der Waals surface area contributed by atoms with Crippen LogP contribution in [0.3, 0.4) is 0 Å². The van der Waals surface area contributed by atoms with E-state index < -0.39 is 45.7 Å². The fourth-order valence-corrected chi connectivity index (χ4v) is 4.85. The number of hydroxylamine groups is 1. The summed E-state index contributed by atoms with van der Waals surface area (Å²) in [7, 11) is -4.02. The summed E-state index contributed by atoms with van der Waals surface area (Å²) in [6, 6.07) is 14.7. The van der Waals surface area contributed by atoms with Gasteiger partial charge in [-0.3, -0.25) is 34.6 Å². The molecule has 0 aliphatic rings. The molecule has 12 nitrogen and oxygen atoms in total. The number of aryl methyl sites for hydroxylation is 1. The van der Waals surface area contributed by atoms with Gasteiger partial charge in [-0.05, 0) is 69.6 Å². The molecule has 250 valence electrons. The van der Waals surface area contributed by atoms with Crippen molar-refractivity contribution < 1.29 is 37.7 Å². The molecule has 3 atom stereocenters. The number of benzene rings is 2. The van der Waals surface area contributed by atoms with Crippen molar-refractivity contribution in [2.24, 2.45) is 23.5 Å². The third-order valence-corrected chi connectivity index (χ3v) is 7.62. The van der Waals surface area contributed by atoms with Crippen molar-refractivity contribution in [1.82, 2.24) is 15.9 Å². The summed E-state index contributed by atoms with van der Waals surface area (Å²) >= 11 is 0. The fraction of sp³-hybridized carbons (Fsp3) is 0.469. The van der Waals surface area contributed by atoms with Crippen LogP contribution in [0.25, 0.3) is 6.08 Å². The number of aliphatic hydroxyl groups is 1. The number of nitrogens with zero attached hydrogens (tertiary/aromatic N) is 1. The van der Waals surface area contributed by atoms with Gasteiger partial charge in [-0.2, -0.15) is 8.42 Å². The first-order chi connectivity index (χ1) is 21.2. The minimum absolute atomic E-state index is 0.0541. The molecule has 0 unspecified atom stereocenters. The van der Waals surface area contributed by atoms with E-state index in [0.29, 0.717) is 25.7 Å². The third-order valence-electron chi connectivity index (χ3n) is 6.75. The molecule has 45 heavy (non-hydrogen) atoms. The van der Waals surface area contributed by atoms with Crippen molar-refractivity contribution in [2.75, 3.05) is 13.2 Å². The first kappa shape index (κ1) is 39.4. The van der Waals surface area contributed by atoms with Gasteiger partial charge < -0.3 is 10.8 Å². The number of aliphatic hydroxyl groups excluding tert-OH is 1. The van der Waals surface area contributed by atoms with Crippen molar-refractivity contribution in [3.8, 4) is 0 Å². The lowest BCUT2D eigenvalue weighted by Gasteiger charge is -2.30. The molecule has 0 bridgehead atoms. The highest BCUT2D eigenvalue weighted by molar-refractivity contribution is 7.85. The Bertz CT molecular complexity index is 1320. The largest absolute Gasteiger partial charge is 0.396 e. The highest BCUT2D eigenvalue weighted by Crippen LogP contribution is 2.26. The van der Waals surface area contributed by atoms with E-state index in [2.05, 4.69) is 5.43 Å². The Morgan fingerprint density at radius 2 is 1.56 bits per heavy atom. The van der Waals surface area contributed by atoms with Gasteiger partial charge in [-0.25, -0.2) is 5.48 Å². The molecule has 0 aliphatic carbocycles. The van der Waals surface area contributed by atoms with Gasteiger partial charge in [0.2, 0.25) is 11.8 Å². The van der Waals surface area contributed by atoms with Crippen molar-refractivity contribution in [3.05, 3.63) is 71.8 Å². The summed E-state index contributed by atoms with van der Waals surface area (Å²) in [5.41, 5.74) is 12.0. The maximum Gasteiger partial charge on any atom is 0.294 e. The number of carbonyl (C=O) groups is 3. The van der Waals surface area contributed by atoms with E-state index in [0.717, 1.165) is 11.1 Å². The molecule has 0 aliphatic heterocycles. The van der Waals surface area contributed by atoms with Crippen molar-refractivity contribution in [3.63, 3.8) is 0 Å². The van der Waals surface area contributed by atoms with E-state index in [1.165, 1.54) is 24.1 Å². The Labute approximate surface area is 266 Å². The second-order valence-corrected chi connectivity index (χ2v) is 12.6. The number of hydrogen-bond acceptors (Lipinski definition) is 8. The second-order valence-electron chi connectivity index (χ2n) is 11.2. The molecule has 7 N–H and O–H groups in total. The van der Waals surface area contributed by atoms with Crippen LogP contribution in [0, 0.1) is 24.7 Å². The topological polar surface area (TPSA) is 199 Å². The molecule has 2 aromatic rings. The smallest absolute Gasteiger partial charge is 0.294 e. The van der Waals surface area contributed by atoms with Gasteiger partial charge in [0.1, 0.15) is 0 Å². The summed E-state index contributed by atoms with van der Waals surface area (Å²) in [6.07, 6.45) is 6.12. The van der Waals surface area contributed by atoms with Gasteiger partial charge in [-0.1, -0.05) is 74.0 Å². The molecule has 0 spiro atoms. The Balaban J connectivity index is 0.000000768. The van der Waals surface area contributed by atoms with E-state index in [9.17, 15) is 28.0 Å². The fourth-order valence-electron chi connectivity index (χ4n) is 4.37. The van der Waals surface area contributed by atoms with Gasteiger partial charge in [0.25, 0.3) is 16.0 Å². The average Bonchev–Trinajstić information content (AvgIpc) is 2.99. The summed E-state index contributed by atoms with van der Waals surface area (Å²) in [5.74, 6) is -3.11. The predicted molar refractivity (Wildman–Crippen MR) is 172 cm³/mol. The van der Waals surface area contributed by atoms with Crippen LogP contribution in [0.5, 0.6) is 0 Å². The highest BCUT2D eigenvalue weighted by Gasteiger charge is 2.35. The lowest BCUT2D eigenvalue weighted by molar-refractivity contribution is -0.147. The quantitative estimate of drug-likeness (QED) is 0.0724. The van der Waals surface area contributed by atoms with Crippen LogP contribution in [0.2, 0.25) is 0 Å². The number of carbonyl (C=O) groups excluding carboxylic acids is 3. The number of allylic oxidation sites excluding steroid dienone is 1. The van der Waals surface area contributed by atoms with Gasteiger partial charge >= 0.3 is 0 Å². The molecule has 13 heteroatoms. The maximum absolute atomic E-state index is 13.3. The van der Waals surface area contributed by atoms with E-state index >= 15 is 0 Å². The Kier molecular flexibility index (Phi) is 17.9. The van der Waals surface area contributed by atoms with E-state index in [1.807, 2.05) is 57.2 Å². The third kappa shape index (κ3) is 15.3. The summed E-state index contributed by atoms with van der Waals surface area (Å²) in [6.45, 7) is 7.55. The van der Waals surface area contributed by atoms with Gasteiger partial charge in [0, 0.05) is 13.2 Å². The molecule has 0 aromatic heterocycles. The molecule has 2 rings (SSSR count). The monoisotopic (exact) mass is 648 g/mol. The molecular formula is C32H48N4O8S. The van der Waals surface area contributed by atoms with Crippen LogP contribution in [-0.2, 0) is 24.5 Å². The molecule has 0 fully saturated rings. The summed E-state index contributed by atoms with van der Waals surface area (Å²) < 4.78 is 29.6. The number of unbranched alkanes of at least 4 members (excludes halogenated alkanes) is 2. The number of hydrogen-bond donors (Lipinski definition) is 6. The van der Waals surface area contributed by atoms with Crippen LogP contribution in [0.4, 0.5) is 0 Å². The zero-order valence-electron chi connectivity index (χ0n) is 26.4. The number of hydrazine groups is 1. The maximum atomic E-state index is 13.3. The Morgan fingerprint density at radius 1 is 0.933 bits per heavy atom. The number of amides is 3. The molecule has 2 aromatic carbocycles. The number of nitrogens with one attached hydrogen (secondary N) is 2. The molecule has 3 amide bonds. The predicted octanol–water partition coefficient (Wildman–Crippen LogP) is 3.49. The second kappa shape index (κ2) is 20.4. The van der Waals surface area contributed by atoms with Crippen LogP contribution >= 0.6 is 0 Å². The van der Waals surface area contributed by atoms with E-state index in [1.54, 1.807) is 23.7 Å². The van der Waals surface area contributed by atoms with Crippen LogP contribution in [0.15, 0.2) is 65.6 Å². The van der Waals surface area contributed by atoms with Crippen LogP contribution in [0.1, 0.15) is 64.0 Å². The van der Waals surface area contributed by atoms with Crippen molar-refractivity contribution in [2.45, 2.75) is 70.7 Å². The van der Waals surface area contributed by atoms with Gasteiger partial charge in [0.05, 0.1) is 22.8 Å². The number of nitrogens with two attached hydrogens (primary N) is 1. The van der Waals surface area contributed by atoms with E-state index in [-0.39, 0.29) is 30.4 Å². The average molecular weight is 649 g/mol. The molecule has 0 saturated carbocycles. The minimum atomic E-state index is -4.02. The van der Waals surface area contributed by atoms with Crippen molar-refractivity contribution in [1.29, 1.82) is 0 Å². The standard InChI is InChI=1S/C25H40N4O5.C7H8O3S/c1-18(2)17-22(21(24(32)28-34)14-10-13-20-11-6-4-7-12-20)23(31)27-29(25(33)19(3)26)15-8-5-9-16-30;1-6-2-4-7(5-3-6)11(8,9)10/h4,6-7,10-13,18-19,21-22,30,34H,5,8-9,14-17,26H2,1-3H3,(H,27,31)(H,28,32);2-5H,1H3,(H,8,9,10)/t19-,21+,22-;/m1./s1. The first-order valence-corrected chi connectivity index (χ1v) is 16.3. The number of rotatable bonds is 15. The van der Waals surface area contributed by atoms with Crippen LogP contribution in [-0.4, -0.2) is 65.2 Å². The Hall–Kier alpha value is -3.62. The molecule has 0 radical (unpaired) electrons. The molecule has 0 heterocycles. The summed E-state index contributed by atoms with van der Waals surface area (Å²) in [4.78, 5) is 38.4. The normalized spacial score (nSPS) is 13.4. The lowest BCUT2D eigenvalue weighted by atomic mass is 9.82. The zero-order chi connectivity index (χ0) is 34.0. The minimum Gasteiger partial charge on any atom is -0.396 e. The zero-order valence-corrected chi connectivity index (χ0v) is 27.2. The van der Waals surface area contributed by atoms with Gasteiger partial charge in [-0.15, -0.1) is 0 Å². The first-order valence-electron chi connectivity index (χ1n) is 14.9. The lowest BCUT2D eigenvalue weighted by Crippen LogP contribution is -2.54. The molecule has 0 saturated heterocycles. The van der Waals surface area contributed by atoms with Crippen LogP contribution < -0.4 is 16.6 Å². The van der Waals surface area contributed by atoms with Crippen molar-refractivity contribution >= 4 is 33.9 Å². The van der Waals surface area contributed by atoms with Gasteiger partial charge in [0.15, 0.2) is 0 Å². The molecular weight excluding hydrogens is 600 g/mol. The highest BCUT2D eigenvalue weighted by atomic mass is 32.2. The SMILES string of the molecule is CC(C)C[C@@H](C(=O)NN(CCCCCO)C(=O)[C@@H](C)N)[C@H](CC=Cc1ccccc1)C(=O)NO.Cc1ccc(S(=O)(=O)O)cc1. The van der Waals surface area contributed by atoms with E-state index in [4.69, 9.17) is 15.4 Å². The Morgan fingerprint density at radius 3 is 2.07 bits per heavy atom.